The number of nitrogens with one attached hydrogen (secondary N) is 1. The van der Waals surface area contributed by atoms with Crippen molar-refractivity contribution in [2.24, 2.45) is 0 Å². The van der Waals surface area contributed by atoms with E-state index in [0.717, 1.165) is 5.39 Å². The lowest BCUT2D eigenvalue weighted by Crippen LogP contribution is -2.53. The van der Waals surface area contributed by atoms with Crippen LogP contribution in [0.5, 0.6) is 6.01 Å². The first-order valence-electron chi connectivity index (χ1n) is 9.90. The topological polar surface area (TPSA) is 90.8 Å². The molecule has 2 aliphatic heterocycles. The number of carboxylic acid groups (broad SMARTS) is 1. The molecule has 0 aliphatic carbocycles. The molecule has 2 N–H and O–H groups in total. The van der Waals surface area contributed by atoms with Crippen LogP contribution in [0.2, 0.25) is 0 Å². The Hall–Kier alpha value is -2.52. The van der Waals surface area contributed by atoms with Crippen LogP contribution in [0, 0.1) is 0 Å². The van der Waals surface area contributed by atoms with E-state index in [0.29, 0.717) is 37.3 Å². The molecule has 9 heteroatoms. The first-order valence-corrected chi connectivity index (χ1v) is 9.90. The number of hydrogen-bond donors (Lipinski definition) is 2. The third-order valence-corrected chi connectivity index (χ3v) is 5.81. The molecule has 4 rings (SSSR count). The predicted molar refractivity (Wildman–Crippen MR) is 106 cm³/mol. The summed E-state index contributed by atoms with van der Waals surface area (Å²) in [6.07, 6.45) is -1.40. The van der Waals surface area contributed by atoms with Gasteiger partial charge >= 0.3 is 12.1 Å². The molecular weight excluding hydrogens is 377 g/mol. The number of ether oxygens (including phenoxy) is 1. The van der Waals surface area contributed by atoms with Gasteiger partial charge in [0.05, 0.1) is 17.3 Å². The summed E-state index contributed by atoms with van der Waals surface area (Å²) in [6.45, 7) is 3.61. The van der Waals surface area contributed by atoms with E-state index in [2.05, 4.69) is 15.3 Å². The van der Waals surface area contributed by atoms with E-state index in [1.165, 1.54) is 4.90 Å². The van der Waals surface area contributed by atoms with Gasteiger partial charge in [0.1, 0.15) is 12.8 Å². The number of aromatic nitrogens is 2. The van der Waals surface area contributed by atoms with Gasteiger partial charge in [-0.25, -0.2) is 9.18 Å². The predicted octanol–water partition coefficient (Wildman–Crippen LogP) is 2.06. The van der Waals surface area contributed by atoms with E-state index in [4.69, 9.17) is 4.74 Å². The number of alkyl halides is 1. The van der Waals surface area contributed by atoms with Crippen molar-refractivity contribution < 1.29 is 19.0 Å². The number of amides is 1. The molecule has 8 nitrogen and oxygen atoms in total. The van der Waals surface area contributed by atoms with Gasteiger partial charge < -0.3 is 15.2 Å². The van der Waals surface area contributed by atoms with E-state index in [1.54, 1.807) is 0 Å². The molecule has 1 aromatic carbocycles. The first-order chi connectivity index (χ1) is 13.9. The monoisotopic (exact) mass is 403 g/mol. The van der Waals surface area contributed by atoms with Crippen LogP contribution in [0.25, 0.3) is 10.9 Å². The van der Waals surface area contributed by atoms with Crippen LogP contribution in [0.4, 0.5) is 9.18 Å². The van der Waals surface area contributed by atoms with Gasteiger partial charge in [-0.3, -0.25) is 9.80 Å². The number of likely N-dealkylation sites (N-methyl/N-ethyl adjacent to an activating group) is 1. The van der Waals surface area contributed by atoms with Gasteiger partial charge in [0.2, 0.25) is 0 Å². The van der Waals surface area contributed by atoms with Gasteiger partial charge in [0.15, 0.2) is 0 Å². The molecule has 0 radical (unpaired) electrons. The summed E-state index contributed by atoms with van der Waals surface area (Å²) in [5.74, 6) is 0. The second kappa shape index (κ2) is 8.08. The zero-order valence-corrected chi connectivity index (χ0v) is 16.6. The fourth-order valence-corrected chi connectivity index (χ4v) is 4.28. The number of rotatable bonds is 4. The van der Waals surface area contributed by atoms with Crippen molar-refractivity contribution >= 4 is 17.0 Å². The Balaban J connectivity index is 1.68. The highest BCUT2D eigenvalue weighted by Gasteiger charge is 2.36. The maximum atomic E-state index is 13.6. The van der Waals surface area contributed by atoms with Crippen molar-refractivity contribution in [2.75, 3.05) is 33.3 Å². The van der Waals surface area contributed by atoms with Crippen LogP contribution in [0.3, 0.4) is 0 Å². The van der Waals surface area contributed by atoms with Crippen molar-refractivity contribution in [3.05, 3.63) is 30.0 Å². The molecule has 2 aliphatic rings. The smallest absolute Gasteiger partial charge is 0.407 e. The lowest BCUT2D eigenvalue weighted by molar-refractivity contribution is 0.0948. The van der Waals surface area contributed by atoms with Crippen molar-refractivity contribution in [1.29, 1.82) is 0 Å². The maximum absolute atomic E-state index is 13.6. The SMILES string of the molecule is CC1NCCN(C(=O)O)C1c1nc(OC[C@@H]2C[C@@H](F)CN2C)nc2ccccc12. The second-order valence-electron chi connectivity index (χ2n) is 7.81. The highest BCUT2D eigenvalue weighted by Crippen LogP contribution is 2.32. The maximum Gasteiger partial charge on any atom is 0.407 e. The molecule has 0 bridgehead atoms. The Morgan fingerprint density at radius 2 is 2.17 bits per heavy atom. The minimum absolute atomic E-state index is 0.0330. The standard InChI is InChI=1S/C20H26FN5O3/c1-12-18(26(20(27)28)8-7-22-12)17-15-5-3-4-6-16(15)23-19(24-17)29-11-14-9-13(21)10-25(14)2/h3-6,12-14,18,22H,7-11H2,1-2H3,(H,27,28)/t12?,13-,14+,18?/m1/s1. The minimum atomic E-state index is -0.977. The van der Waals surface area contributed by atoms with E-state index in [-0.39, 0.29) is 24.7 Å². The largest absolute Gasteiger partial charge is 0.465 e. The second-order valence-corrected chi connectivity index (χ2v) is 7.81. The van der Waals surface area contributed by atoms with Gasteiger partial charge in [-0.05, 0) is 26.5 Å². The third-order valence-electron chi connectivity index (χ3n) is 5.81. The van der Waals surface area contributed by atoms with Gasteiger partial charge in [0, 0.05) is 37.1 Å². The fraction of sp³-hybridized carbons (Fsp3) is 0.550. The van der Waals surface area contributed by atoms with Crippen LogP contribution < -0.4 is 10.1 Å². The van der Waals surface area contributed by atoms with E-state index in [1.807, 2.05) is 43.1 Å². The molecule has 0 spiro atoms. The molecule has 1 aromatic heterocycles. The molecule has 2 unspecified atom stereocenters. The van der Waals surface area contributed by atoms with Crippen molar-refractivity contribution in [2.45, 2.75) is 37.6 Å². The summed E-state index contributed by atoms with van der Waals surface area (Å²) in [5, 5.41) is 13.8. The molecule has 2 aromatic rings. The normalized spacial score (nSPS) is 28.0. The number of likely N-dealkylation sites (tertiary alicyclic amines) is 1. The number of halogens is 1. The highest BCUT2D eigenvalue weighted by atomic mass is 19.1. The first kappa shape index (κ1) is 19.8. The van der Waals surface area contributed by atoms with Gasteiger partial charge in [-0.1, -0.05) is 18.2 Å². The third kappa shape index (κ3) is 3.97. The summed E-state index contributed by atoms with van der Waals surface area (Å²) in [7, 11) is 1.88. The van der Waals surface area contributed by atoms with E-state index < -0.39 is 18.3 Å². The molecule has 2 saturated heterocycles. The zero-order chi connectivity index (χ0) is 20.5. The summed E-state index contributed by atoms with van der Waals surface area (Å²) in [4.78, 5) is 24.3. The molecule has 29 heavy (non-hydrogen) atoms. The average molecular weight is 403 g/mol. The lowest BCUT2D eigenvalue weighted by Gasteiger charge is -2.38. The number of benzene rings is 1. The lowest BCUT2D eigenvalue weighted by atomic mass is 9.98. The van der Waals surface area contributed by atoms with E-state index >= 15 is 0 Å². The molecule has 4 atom stereocenters. The molecular formula is C20H26FN5O3. The van der Waals surface area contributed by atoms with Crippen molar-refractivity contribution in [3.8, 4) is 6.01 Å². The Bertz CT molecular complexity index is 898. The number of nitrogens with zero attached hydrogens (tertiary/aromatic N) is 4. The van der Waals surface area contributed by atoms with Gasteiger partial charge in [0.25, 0.3) is 0 Å². The number of fused-ring (bicyclic) bond motifs is 1. The van der Waals surface area contributed by atoms with Gasteiger partial charge in [-0.2, -0.15) is 9.97 Å². The summed E-state index contributed by atoms with van der Waals surface area (Å²) >= 11 is 0. The number of para-hydroxylation sites is 1. The number of hydrogen-bond acceptors (Lipinski definition) is 6. The Morgan fingerprint density at radius 1 is 1.38 bits per heavy atom. The minimum Gasteiger partial charge on any atom is -0.465 e. The Kier molecular flexibility index (Phi) is 5.51. The average Bonchev–Trinajstić information content (AvgIpc) is 3.02. The van der Waals surface area contributed by atoms with Crippen LogP contribution in [-0.4, -0.2) is 82.5 Å². The molecule has 1 amide bonds. The summed E-state index contributed by atoms with van der Waals surface area (Å²) < 4.78 is 19.5. The molecule has 3 heterocycles. The number of piperazine rings is 1. The number of carbonyl (C=O) groups is 1. The van der Waals surface area contributed by atoms with Crippen LogP contribution in [-0.2, 0) is 0 Å². The highest BCUT2D eigenvalue weighted by molar-refractivity contribution is 5.82. The van der Waals surface area contributed by atoms with Crippen LogP contribution in [0.15, 0.2) is 24.3 Å². The zero-order valence-electron chi connectivity index (χ0n) is 16.6. The Labute approximate surface area is 168 Å². The summed E-state index contributed by atoms with van der Waals surface area (Å²) in [5.41, 5.74) is 1.31. The van der Waals surface area contributed by atoms with Crippen LogP contribution >= 0.6 is 0 Å². The summed E-state index contributed by atoms with van der Waals surface area (Å²) in [6, 6.07) is 7.11. The van der Waals surface area contributed by atoms with Gasteiger partial charge in [-0.15, -0.1) is 0 Å². The molecule has 2 fully saturated rings. The molecule has 0 saturated carbocycles. The quantitative estimate of drug-likeness (QED) is 0.808. The van der Waals surface area contributed by atoms with E-state index in [9.17, 15) is 14.3 Å². The Morgan fingerprint density at radius 3 is 2.90 bits per heavy atom. The van der Waals surface area contributed by atoms with Crippen LogP contribution in [0.1, 0.15) is 25.1 Å². The molecule has 156 valence electrons. The van der Waals surface area contributed by atoms with Crippen molar-refractivity contribution in [1.82, 2.24) is 25.1 Å². The fourth-order valence-electron chi connectivity index (χ4n) is 4.28. The van der Waals surface area contributed by atoms with Crippen molar-refractivity contribution in [3.63, 3.8) is 0 Å².